The van der Waals surface area contributed by atoms with Crippen LogP contribution < -0.4 is 5.32 Å². The Hall–Kier alpha value is -1.46. The van der Waals surface area contributed by atoms with Crippen LogP contribution in [0, 0.1) is 0 Å². The van der Waals surface area contributed by atoms with E-state index < -0.39 is 6.09 Å². The van der Waals surface area contributed by atoms with Crippen molar-refractivity contribution in [2.45, 2.75) is 11.5 Å². The average molecular weight is 338 g/mol. The minimum atomic E-state index is -0.499. The molecule has 0 saturated carbocycles. The Morgan fingerprint density at radius 2 is 1.95 bits per heavy atom. The van der Waals surface area contributed by atoms with Gasteiger partial charge in [0, 0.05) is 9.37 Å². The summed E-state index contributed by atoms with van der Waals surface area (Å²) in [4.78, 5) is 12.3. The first-order valence-corrected chi connectivity index (χ1v) is 6.85. The standard InChI is InChI=1S/C14H12BrNO2S/c15-11-6-7-12(13(19)8-11)16-14(17)18-9-10-4-2-1-3-5-10/h1-8,19H,9H2,(H,16,17). The fourth-order valence-electron chi connectivity index (χ4n) is 1.48. The van der Waals surface area contributed by atoms with E-state index in [1.165, 1.54) is 0 Å². The van der Waals surface area contributed by atoms with Gasteiger partial charge in [-0.15, -0.1) is 12.6 Å². The molecule has 0 spiro atoms. The molecule has 5 heteroatoms. The van der Waals surface area contributed by atoms with Gasteiger partial charge in [0.05, 0.1) is 5.69 Å². The van der Waals surface area contributed by atoms with Crippen molar-refractivity contribution in [3.8, 4) is 0 Å². The van der Waals surface area contributed by atoms with Gasteiger partial charge in [-0.3, -0.25) is 5.32 Å². The summed E-state index contributed by atoms with van der Waals surface area (Å²) in [6.07, 6.45) is -0.499. The highest BCUT2D eigenvalue weighted by Crippen LogP contribution is 2.24. The van der Waals surface area contributed by atoms with Crippen molar-refractivity contribution in [1.82, 2.24) is 0 Å². The molecule has 0 saturated heterocycles. The lowest BCUT2D eigenvalue weighted by Crippen LogP contribution is -2.13. The summed E-state index contributed by atoms with van der Waals surface area (Å²) in [6.45, 7) is 0.241. The second-order valence-corrected chi connectivity index (χ2v) is 5.25. The van der Waals surface area contributed by atoms with Crippen LogP contribution in [0.1, 0.15) is 5.56 Å². The molecule has 1 N–H and O–H groups in total. The normalized spacial score (nSPS) is 10.0. The van der Waals surface area contributed by atoms with Crippen molar-refractivity contribution in [3.63, 3.8) is 0 Å². The summed E-state index contributed by atoms with van der Waals surface area (Å²) in [7, 11) is 0. The minimum absolute atomic E-state index is 0.241. The summed E-state index contributed by atoms with van der Waals surface area (Å²) < 4.78 is 6.02. The van der Waals surface area contributed by atoms with Crippen molar-refractivity contribution >= 4 is 40.3 Å². The third-order valence-corrected chi connectivity index (χ3v) is 3.27. The molecule has 19 heavy (non-hydrogen) atoms. The van der Waals surface area contributed by atoms with E-state index >= 15 is 0 Å². The van der Waals surface area contributed by atoms with Crippen molar-refractivity contribution in [1.29, 1.82) is 0 Å². The van der Waals surface area contributed by atoms with Gasteiger partial charge in [0.15, 0.2) is 0 Å². The third-order valence-electron chi connectivity index (χ3n) is 2.41. The van der Waals surface area contributed by atoms with Gasteiger partial charge in [-0.25, -0.2) is 4.79 Å². The van der Waals surface area contributed by atoms with Gasteiger partial charge in [0.2, 0.25) is 0 Å². The first-order valence-electron chi connectivity index (χ1n) is 5.61. The lowest BCUT2D eigenvalue weighted by Gasteiger charge is -2.09. The van der Waals surface area contributed by atoms with Crippen LogP contribution in [0.2, 0.25) is 0 Å². The molecule has 0 aliphatic rings. The Morgan fingerprint density at radius 1 is 1.21 bits per heavy atom. The number of carbonyl (C=O) groups excluding carboxylic acids is 1. The van der Waals surface area contributed by atoms with E-state index in [9.17, 15) is 4.79 Å². The van der Waals surface area contributed by atoms with Gasteiger partial charge in [0.25, 0.3) is 0 Å². The number of thiol groups is 1. The number of amides is 1. The maximum atomic E-state index is 11.6. The smallest absolute Gasteiger partial charge is 0.411 e. The highest BCUT2D eigenvalue weighted by molar-refractivity contribution is 9.10. The van der Waals surface area contributed by atoms with Crippen molar-refractivity contribution in [3.05, 3.63) is 58.6 Å². The Kier molecular flexibility index (Phi) is 4.87. The van der Waals surface area contributed by atoms with Crippen LogP contribution >= 0.6 is 28.6 Å². The minimum Gasteiger partial charge on any atom is -0.444 e. The van der Waals surface area contributed by atoms with Crippen LogP contribution in [0.25, 0.3) is 0 Å². The van der Waals surface area contributed by atoms with Crippen LogP contribution in [0.3, 0.4) is 0 Å². The third kappa shape index (κ3) is 4.29. The quantitative estimate of drug-likeness (QED) is 0.810. The van der Waals surface area contributed by atoms with Gasteiger partial charge in [0.1, 0.15) is 6.61 Å². The summed E-state index contributed by atoms with van der Waals surface area (Å²) in [5, 5.41) is 2.65. The van der Waals surface area contributed by atoms with Gasteiger partial charge < -0.3 is 4.74 Å². The molecule has 0 aliphatic heterocycles. The number of ether oxygens (including phenoxy) is 1. The predicted octanol–water partition coefficient (Wildman–Crippen LogP) is 4.49. The van der Waals surface area contributed by atoms with E-state index in [0.29, 0.717) is 10.6 Å². The maximum Gasteiger partial charge on any atom is 0.411 e. The number of hydrogen-bond acceptors (Lipinski definition) is 3. The van der Waals surface area contributed by atoms with Crippen LogP contribution in [-0.4, -0.2) is 6.09 Å². The van der Waals surface area contributed by atoms with Crippen LogP contribution in [-0.2, 0) is 11.3 Å². The van der Waals surface area contributed by atoms with E-state index in [2.05, 4.69) is 33.9 Å². The molecule has 0 aromatic heterocycles. The first-order chi connectivity index (χ1) is 9.15. The molecular weight excluding hydrogens is 326 g/mol. The number of rotatable bonds is 3. The van der Waals surface area contributed by atoms with Crippen molar-refractivity contribution in [2.75, 3.05) is 5.32 Å². The Morgan fingerprint density at radius 3 is 2.63 bits per heavy atom. The highest BCUT2D eigenvalue weighted by Gasteiger charge is 2.06. The SMILES string of the molecule is O=C(Nc1ccc(Br)cc1S)OCc1ccccc1. The summed E-state index contributed by atoms with van der Waals surface area (Å²) in [6, 6.07) is 14.9. The monoisotopic (exact) mass is 337 g/mol. The number of nitrogens with one attached hydrogen (secondary N) is 1. The number of benzene rings is 2. The predicted molar refractivity (Wildman–Crippen MR) is 81.6 cm³/mol. The zero-order valence-electron chi connectivity index (χ0n) is 9.97. The average Bonchev–Trinajstić information content (AvgIpc) is 2.41. The van der Waals surface area contributed by atoms with E-state index in [-0.39, 0.29) is 6.61 Å². The molecular formula is C14H12BrNO2S. The second-order valence-electron chi connectivity index (χ2n) is 3.85. The largest absolute Gasteiger partial charge is 0.444 e. The summed E-state index contributed by atoms with van der Waals surface area (Å²) in [5.41, 5.74) is 1.56. The fraction of sp³-hybridized carbons (Fsp3) is 0.0714. The van der Waals surface area contributed by atoms with Crippen LogP contribution in [0.15, 0.2) is 57.9 Å². The number of hydrogen-bond donors (Lipinski definition) is 2. The molecule has 2 aromatic carbocycles. The highest BCUT2D eigenvalue weighted by atomic mass is 79.9. The molecule has 3 nitrogen and oxygen atoms in total. The van der Waals surface area contributed by atoms with Gasteiger partial charge >= 0.3 is 6.09 Å². The molecule has 0 aliphatic carbocycles. The van der Waals surface area contributed by atoms with Gasteiger partial charge in [-0.2, -0.15) is 0 Å². The Bertz CT molecular complexity index is 575. The fourth-order valence-corrected chi connectivity index (χ4v) is 2.29. The van der Waals surface area contributed by atoms with Crippen LogP contribution in [0.4, 0.5) is 10.5 Å². The molecule has 0 heterocycles. The lowest BCUT2D eigenvalue weighted by atomic mass is 10.2. The second kappa shape index (κ2) is 6.63. The first kappa shape index (κ1) is 14.0. The maximum absolute atomic E-state index is 11.6. The van der Waals surface area contributed by atoms with Gasteiger partial charge in [-0.05, 0) is 23.8 Å². The van der Waals surface area contributed by atoms with Crippen LogP contribution in [0.5, 0.6) is 0 Å². The summed E-state index contributed by atoms with van der Waals surface area (Å²) in [5.74, 6) is 0. The molecule has 0 fully saturated rings. The zero-order valence-corrected chi connectivity index (χ0v) is 12.4. The Balaban J connectivity index is 1.91. The van der Waals surface area contributed by atoms with Crippen molar-refractivity contribution in [2.24, 2.45) is 0 Å². The molecule has 1 amide bonds. The van der Waals surface area contributed by atoms with E-state index in [0.717, 1.165) is 10.0 Å². The number of anilines is 1. The van der Waals surface area contributed by atoms with E-state index in [4.69, 9.17) is 4.74 Å². The van der Waals surface area contributed by atoms with E-state index in [1.807, 2.05) is 36.4 Å². The lowest BCUT2D eigenvalue weighted by molar-refractivity contribution is 0.155. The Labute approximate surface area is 125 Å². The zero-order chi connectivity index (χ0) is 13.7. The molecule has 0 radical (unpaired) electrons. The molecule has 0 unspecified atom stereocenters. The topological polar surface area (TPSA) is 38.3 Å². The molecule has 0 atom stereocenters. The molecule has 98 valence electrons. The number of halogens is 1. The molecule has 0 bridgehead atoms. The van der Waals surface area contributed by atoms with Gasteiger partial charge in [-0.1, -0.05) is 46.3 Å². The van der Waals surface area contributed by atoms with Crippen molar-refractivity contribution < 1.29 is 9.53 Å². The molecule has 2 rings (SSSR count). The van der Waals surface area contributed by atoms with E-state index in [1.54, 1.807) is 12.1 Å². The summed E-state index contributed by atoms with van der Waals surface area (Å²) >= 11 is 7.61. The molecule has 2 aromatic rings. The number of carbonyl (C=O) groups is 1.